The van der Waals surface area contributed by atoms with Gasteiger partial charge in [0.25, 0.3) is 0 Å². The van der Waals surface area contributed by atoms with E-state index in [1.54, 1.807) is 11.0 Å². The quantitative estimate of drug-likeness (QED) is 0.551. The van der Waals surface area contributed by atoms with Crippen LogP contribution in [0.3, 0.4) is 0 Å². The van der Waals surface area contributed by atoms with E-state index in [1.165, 1.54) is 0 Å². The molecule has 4 nitrogen and oxygen atoms in total. The number of aryl methyl sites for hydroxylation is 1. The van der Waals surface area contributed by atoms with Crippen LogP contribution in [-0.4, -0.2) is 27.2 Å². The molecule has 0 atom stereocenters. The molecule has 0 aliphatic rings. The maximum Gasteiger partial charge on any atom is 0.140 e. The Balaban J connectivity index is 2.10. The highest BCUT2D eigenvalue weighted by Gasteiger charge is 1.97. The molecule has 0 amide bonds. The minimum Gasteiger partial charge on any atom is -0.310 e. The van der Waals surface area contributed by atoms with Crippen molar-refractivity contribution in [1.82, 2.24) is 20.1 Å². The van der Waals surface area contributed by atoms with E-state index < -0.39 is 0 Å². The van der Waals surface area contributed by atoms with Crippen LogP contribution in [0.1, 0.15) is 18.7 Å². The molecule has 0 bridgehead atoms. The second-order valence-electron chi connectivity index (χ2n) is 2.87. The summed E-state index contributed by atoms with van der Waals surface area (Å²) in [6.07, 6.45) is 3.74. The van der Waals surface area contributed by atoms with Crippen LogP contribution in [0, 0.1) is 0 Å². The first-order valence-electron chi connectivity index (χ1n) is 4.44. The molecule has 0 aliphatic heterocycles. The largest absolute Gasteiger partial charge is 0.310 e. The molecule has 74 valence electrons. The van der Waals surface area contributed by atoms with Crippen molar-refractivity contribution in [2.75, 3.05) is 12.4 Å². The minimum absolute atomic E-state index is 0.742. The molecule has 1 heterocycles. The second kappa shape index (κ2) is 5.94. The van der Waals surface area contributed by atoms with Crippen LogP contribution >= 0.6 is 11.6 Å². The van der Waals surface area contributed by atoms with Gasteiger partial charge >= 0.3 is 0 Å². The van der Waals surface area contributed by atoms with Crippen LogP contribution in [0.25, 0.3) is 0 Å². The van der Waals surface area contributed by atoms with E-state index in [2.05, 4.69) is 15.4 Å². The van der Waals surface area contributed by atoms with Crippen LogP contribution < -0.4 is 5.32 Å². The lowest BCUT2D eigenvalue weighted by Gasteiger charge is -2.02. The Kier molecular flexibility index (Phi) is 4.78. The maximum absolute atomic E-state index is 5.55. The van der Waals surface area contributed by atoms with E-state index in [4.69, 9.17) is 11.6 Å². The Morgan fingerprint density at radius 2 is 2.38 bits per heavy atom. The summed E-state index contributed by atoms with van der Waals surface area (Å²) in [6, 6.07) is 0. The zero-order valence-corrected chi connectivity index (χ0v) is 8.59. The Morgan fingerprint density at radius 3 is 3.00 bits per heavy atom. The van der Waals surface area contributed by atoms with Crippen LogP contribution in [0.4, 0.5) is 0 Å². The molecule has 1 N–H and O–H groups in total. The fourth-order valence-electron chi connectivity index (χ4n) is 1.02. The van der Waals surface area contributed by atoms with E-state index in [-0.39, 0.29) is 0 Å². The Morgan fingerprint density at radius 1 is 1.54 bits per heavy atom. The molecular formula is C8H15ClN4. The van der Waals surface area contributed by atoms with Gasteiger partial charge in [-0.3, -0.25) is 4.68 Å². The highest BCUT2D eigenvalue weighted by atomic mass is 35.5. The topological polar surface area (TPSA) is 42.7 Å². The molecule has 0 spiro atoms. The maximum atomic E-state index is 5.55. The van der Waals surface area contributed by atoms with E-state index in [0.29, 0.717) is 0 Å². The Labute approximate surface area is 83.3 Å². The summed E-state index contributed by atoms with van der Waals surface area (Å²) < 4.78 is 1.77. The molecule has 0 saturated carbocycles. The average molecular weight is 203 g/mol. The van der Waals surface area contributed by atoms with Crippen molar-refractivity contribution >= 4 is 11.6 Å². The summed E-state index contributed by atoms with van der Waals surface area (Å²) in [6.45, 7) is 1.76. The van der Waals surface area contributed by atoms with Gasteiger partial charge in [0.05, 0.1) is 6.54 Å². The number of hydrogen-bond donors (Lipinski definition) is 1. The standard InChI is InChI=1S/C8H15ClN4/c1-13-8(11-7-12-13)6-10-5-3-2-4-9/h7,10H,2-6H2,1H3. The van der Waals surface area contributed by atoms with Crippen molar-refractivity contribution in [2.45, 2.75) is 19.4 Å². The van der Waals surface area contributed by atoms with E-state index in [0.717, 1.165) is 37.6 Å². The number of halogens is 1. The lowest BCUT2D eigenvalue weighted by Crippen LogP contribution is -2.17. The third-order valence-corrected chi connectivity index (χ3v) is 2.09. The summed E-state index contributed by atoms with van der Waals surface area (Å²) in [5.74, 6) is 1.71. The van der Waals surface area contributed by atoms with E-state index >= 15 is 0 Å². The summed E-state index contributed by atoms with van der Waals surface area (Å²) in [5, 5.41) is 7.26. The van der Waals surface area contributed by atoms with Crippen molar-refractivity contribution in [3.8, 4) is 0 Å². The van der Waals surface area contributed by atoms with Gasteiger partial charge in [-0.1, -0.05) is 0 Å². The molecule has 0 saturated heterocycles. The molecule has 0 aliphatic carbocycles. The van der Waals surface area contributed by atoms with Gasteiger partial charge in [-0.15, -0.1) is 11.6 Å². The van der Waals surface area contributed by atoms with Crippen molar-refractivity contribution in [1.29, 1.82) is 0 Å². The number of alkyl halides is 1. The second-order valence-corrected chi connectivity index (χ2v) is 3.25. The zero-order valence-electron chi connectivity index (χ0n) is 7.83. The predicted molar refractivity (Wildman–Crippen MR) is 52.7 cm³/mol. The number of nitrogens with zero attached hydrogens (tertiary/aromatic N) is 3. The number of hydrogen-bond acceptors (Lipinski definition) is 3. The smallest absolute Gasteiger partial charge is 0.140 e. The van der Waals surface area contributed by atoms with Crippen LogP contribution in [0.5, 0.6) is 0 Å². The minimum atomic E-state index is 0.742. The van der Waals surface area contributed by atoms with Crippen molar-refractivity contribution in [3.63, 3.8) is 0 Å². The lowest BCUT2D eigenvalue weighted by molar-refractivity contribution is 0.594. The number of unbranched alkanes of at least 4 members (excludes halogenated alkanes) is 1. The van der Waals surface area contributed by atoms with Gasteiger partial charge in [-0.25, -0.2) is 4.98 Å². The summed E-state index contributed by atoms with van der Waals surface area (Å²) in [5.41, 5.74) is 0. The SMILES string of the molecule is Cn1ncnc1CNCCCCCl. The molecule has 1 aromatic rings. The first kappa shape index (κ1) is 10.5. The number of rotatable bonds is 6. The molecule has 13 heavy (non-hydrogen) atoms. The Hall–Kier alpha value is -0.610. The molecule has 0 fully saturated rings. The summed E-state index contributed by atoms with van der Waals surface area (Å²) in [7, 11) is 1.89. The Bertz CT molecular complexity index is 236. The van der Waals surface area contributed by atoms with Gasteiger partial charge in [0.2, 0.25) is 0 Å². The van der Waals surface area contributed by atoms with Gasteiger partial charge in [-0.05, 0) is 19.4 Å². The third kappa shape index (κ3) is 3.74. The monoisotopic (exact) mass is 202 g/mol. The molecular weight excluding hydrogens is 188 g/mol. The molecule has 0 radical (unpaired) electrons. The van der Waals surface area contributed by atoms with E-state index in [1.807, 2.05) is 7.05 Å². The van der Waals surface area contributed by atoms with Gasteiger partial charge in [-0.2, -0.15) is 5.10 Å². The lowest BCUT2D eigenvalue weighted by atomic mass is 10.3. The van der Waals surface area contributed by atoms with Crippen molar-refractivity contribution in [3.05, 3.63) is 12.2 Å². The highest BCUT2D eigenvalue weighted by molar-refractivity contribution is 6.17. The fraction of sp³-hybridized carbons (Fsp3) is 0.750. The van der Waals surface area contributed by atoms with Crippen LogP contribution in [-0.2, 0) is 13.6 Å². The van der Waals surface area contributed by atoms with Gasteiger partial charge < -0.3 is 5.32 Å². The third-order valence-electron chi connectivity index (χ3n) is 1.83. The normalized spacial score (nSPS) is 10.6. The van der Waals surface area contributed by atoms with Crippen molar-refractivity contribution < 1.29 is 0 Å². The van der Waals surface area contributed by atoms with Gasteiger partial charge in [0.15, 0.2) is 0 Å². The molecule has 0 unspecified atom stereocenters. The first-order valence-corrected chi connectivity index (χ1v) is 4.97. The molecule has 1 rings (SSSR count). The molecule has 0 aromatic carbocycles. The van der Waals surface area contributed by atoms with Crippen LogP contribution in [0.2, 0.25) is 0 Å². The molecule has 1 aromatic heterocycles. The first-order chi connectivity index (χ1) is 6.34. The summed E-state index contributed by atoms with van der Waals surface area (Å²) in [4.78, 5) is 4.10. The summed E-state index contributed by atoms with van der Waals surface area (Å²) >= 11 is 5.55. The molecule has 5 heteroatoms. The van der Waals surface area contributed by atoms with Crippen molar-refractivity contribution in [2.24, 2.45) is 7.05 Å². The zero-order chi connectivity index (χ0) is 9.52. The number of nitrogens with one attached hydrogen (secondary N) is 1. The van der Waals surface area contributed by atoms with Crippen LogP contribution in [0.15, 0.2) is 6.33 Å². The number of aromatic nitrogens is 3. The van der Waals surface area contributed by atoms with Gasteiger partial charge in [0, 0.05) is 12.9 Å². The van der Waals surface area contributed by atoms with E-state index in [9.17, 15) is 0 Å². The highest BCUT2D eigenvalue weighted by Crippen LogP contribution is 1.92. The average Bonchev–Trinajstić information content (AvgIpc) is 2.52. The van der Waals surface area contributed by atoms with Gasteiger partial charge in [0.1, 0.15) is 12.2 Å². The predicted octanol–water partition coefficient (Wildman–Crippen LogP) is 0.924. The fourth-order valence-corrected chi connectivity index (χ4v) is 1.21.